The molecule has 7 nitrogen and oxygen atoms in total. The number of benzene rings is 3. The standard InChI is InChI=1S/C31H39N3O4S/c1-5-19-32-31(36)29(21-25-14-8-7-9-15-25)33(22-26-16-12-13-24(3)20-26)30(35)23-34(39(4,37)38)28-18-11-10-17-27(28)6-2/h7-18,20,29H,5-6,19,21-23H2,1-4H3,(H,32,36)/t29-/m0/s1. The highest BCUT2D eigenvalue weighted by Crippen LogP contribution is 2.24. The third-order valence-corrected chi connectivity index (χ3v) is 7.70. The van der Waals surface area contributed by atoms with Crippen LogP contribution in [0.3, 0.4) is 0 Å². The average molecular weight is 550 g/mol. The first-order chi connectivity index (χ1) is 18.6. The molecule has 0 saturated carbocycles. The van der Waals surface area contributed by atoms with Crippen LogP contribution >= 0.6 is 0 Å². The SMILES string of the molecule is CCCNC(=O)[C@H](Cc1ccccc1)N(Cc1cccc(C)c1)C(=O)CN(c1ccccc1CC)S(C)(=O)=O. The fourth-order valence-corrected chi connectivity index (χ4v) is 5.46. The number of sulfonamides is 1. The van der Waals surface area contributed by atoms with Gasteiger partial charge in [-0.2, -0.15) is 0 Å². The summed E-state index contributed by atoms with van der Waals surface area (Å²) in [5.41, 5.74) is 4.10. The van der Waals surface area contributed by atoms with Crippen molar-refractivity contribution in [1.82, 2.24) is 10.2 Å². The number of para-hydroxylation sites is 1. The van der Waals surface area contributed by atoms with Gasteiger partial charge in [-0.1, -0.05) is 92.2 Å². The van der Waals surface area contributed by atoms with E-state index in [2.05, 4.69) is 5.32 Å². The molecule has 0 bridgehead atoms. The summed E-state index contributed by atoms with van der Waals surface area (Å²) >= 11 is 0. The van der Waals surface area contributed by atoms with Crippen LogP contribution in [0.2, 0.25) is 0 Å². The maximum Gasteiger partial charge on any atom is 0.244 e. The van der Waals surface area contributed by atoms with Crippen molar-refractivity contribution in [3.63, 3.8) is 0 Å². The number of hydrogen-bond donors (Lipinski definition) is 1. The Kier molecular flexibility index (Phi) is 10.7. The molecule has 0 unspecified atom stereocenters. The Morgan fingerprint density at radius 1 is 0.897 bits per heavy atom. The Bertz CT molecular complexity index is 1360. The van der Waals surface area contributed by atoms with Crippen LogP contribution in [0.4, 0.5) is 5.69 Å². The maximum atomic E-state index is 14.1. The van der Waals surface area contributed by atoms with Crippen molar-refractivity contribution in [3.8, 4) is 0 Å². The topological polar surface area (TPSA) is 86.8 Å². The fraction of sp³-hybridized carbons (Fsp3) is 0.355. The quantitative estimate of drug-likeness (QED) is 0.340. The molecule has 3 aromatic carbocycles. The van der Waals surface area contributed by atoms with Gasteiger partial charge in [-0.15, -0.1) is 0 Å². The third kappa shape index (κ3) is 8.42. The number of nitrogens with one attached hydrogen (secondary N) is 1. The van der Waals surface area contributed by atoms with Crippen LogP contribution in [-0.2, 0) is 39.0 Å². The molecule has 8 heteroatoms. The van der Waals surface area contributed by atoms with E-state index >= 15 is 0 Å². The second-order valence-corrected chi connectivity index (χ2v) is 11.7. The van der Waals surface area contributed by atoms with Gasteiger partial charge >= 0.3 is 0 Å². The summed E-state index contributed by atoms with van der Waals surface area (Å²) in [5.74, 6) is -0.706. The van der Waals surface area contributed by atoms with Crippen molar-refractivity contribution in [2.24, 2.45) is 0 Å². The molecule has 0 saturated heterocycles. The van der Waals surface area contributed by atoms with E-state index in [0.29, 0.717) is 25.1 Å². The number of hydrogen-bond acceptors (Lipinski definition) is 4. The van der Waals surface area contributed by atoms with Crippen molar-refractivity contribution >= 4 is 27.5 Å². The zero-order valence-corrected chi connectivity index (χ0v) is 24.1. The summed E-state index contributed by atoms with van der Waals surface area (Å²) in [4.78, 5) is 29.2. The van der Waals surface area contributed by atoms with Crippen LogP contribution in [0.1, 0.15) is 42.5 Å². The van der Waals surface area contributed by atoms with E-state index in [1.807, 2.05) is 87.5 Å². The molecule has 0 spiro atoms. The number of carbonyl (C=O) groups excluding carboxylic acids is 2. The van der Waals surface area contributed by atoms with Gasteiger partial charge in [-0.25, -0.2) is 8.42 Å². The molecule has 0 heterocycles. The van der Waals surface area contributed by atoms with E-state index in [1.165, 1.54) is 4.90 Å². The largest absolute Gasteiger partial charge is 0.354 e. The highest BCUT2D eigenvalue weighted by Gasteiger charge is 2.33. The van der Waals surface area contributed by atoms with E-state index in [0.717, 1.165) is 39.2 Å². The van der Waals surface area contributed by atoms with Gasteiger partial charge in [0.25, 0.3) is 0 Å². The molecule has 2 amide bonds. The summed E-state index contributed by atoms with van der Waals surface area (Å²) in [7, 11) is -3.79. The Morgan fingerprint density at radius 2 is 1.56 bits per heavy atom. The zero-order chi connectivity index (χ0) is 28.4. The van der Waals surface area contributed by atoms with E-state index in [9.17, 15) is 18.0 Å². The first-order valence-electron chi connectivity index (χ1n) is 13.4. The van der Waals surface area contributed by atoms with Crippen LogP contribution in [0.5, 0.6) is 0 Å². The molecule has 1 N–H and O–H groups in total. The lowest BCUT2D eigenvalue weighted by molar-refractivity contribution is -0.140. The Labute approximate surface area is 232 Å². The Balaban J connectivity index is 2.06. The molecule has 3 rings (SSSR count). The molecule has 39 heavy (non-hydrogen) atoms. The van der Waals surface area contributed by atoms with E-state index < -0.39 is 28.5 Å². The highest BCUT2D eigenvalue weighted by molar-refractivity contribution is 7.92. The van der Waals surface area contributed by atoms with Gasteiger partial charge < -0.3 is 10.2 Å². The smallest absolute Gasteiger partial charge is 0.244 e. The molecule has 0 aliphatic carbocycles. The van der Waals surface area contributed by atoms with Gasteiger partial charge in [-0.3, -0.25) is 13.9 Å². The summed E-state index contributed by atoms with van der Waals surface area (Å²) in [6, 6.07) is 23.7. The molecular weight excluding hydrogens is 510 g/mol. The lowest BCUT2D eigenvalue weighted by atomic mass is 10.0. The second kappa shape index (κ2) is 13.9. The van der Waals surface area contributed by atoms with Crippen molar-refractivity contribution in [1.29, 1.82) is 0 Å². The van der Waals surface area contributed by atoms with Gasteiger partial charge in [0, 0.05) is 19.5 Å². The van der Waals surface area contributed by atoms with Crippen LogP contribution in [0, 0.1) is 6.92 Å². The number of rotatable bonds is 13. The maximum absolute atomic E-state index is 14.1. The number of nitrogens with zero attached hydrogens (tertiary/aromatic N) is 2. The molecule has 0 aliphatic heterocycles. The molecular formula is C31H39N3O4S. The number of aryl methyl sites for hydroxylation is 2. The van der Waals surface area contributed by atoms with E-state index in [-0.39, 0.29) is 12.5 Å². The number of anilines is 1. The predicted octanol–water partition coefficient (Wildman–Crippen LogP) is 4.49. The molecule has 3 aromatic rings. The zero-order valence-electron chi connectivity index (χ0n) is 23.3. The van der Waals surface area contributed by atoms with Crippen LogP contribution in [0.15, 0.2) is 78.9 Å². The van der Waals surface area contributed by atoms with Crippen molar-refractivity contribution in [2.75, 3.05) is 23.7 Å². The minimum atomic E-state index is -3.79. The first-order valence-corrected chi connectivity index (χ1v) is 15.2. The normalized spacial score (nSPS) is 12.0. The Morgan fingerprint density at radius 3 is 2.21 bits per heavy atom. The van der Waals surface area contributed by atoms with Crippen molar-refractivity contribution in [3.05, 3.63) is 101 Å². The monoisotopic (exact) mass is 549 g/mol. The highest BCUT2D eigenvalue weighted by atomic mass is 32.2. The molecule has 1 atom stereocenters. The molecule has 0 aromatic heterocycles. The molecule has 0 fully saturated rings. The van der Waals surface area contributed by atoms with E-state index in [1.54, 1.807) is 12.1 Å². The minimum Gasteiger partial charge on any atom is -0.354 e. The van der Waals surface area contributed by atoms with Gasteiger partial charge in [0.05, 0.1) is 11.9 Å². The van der Waals surface area contributed by atoms with Crippen molar-refractivity contribution < 1.29 is 18.0 Å². The number of carbonyl (C=O) groups is 2. The van der Waals surface area contributed by atoms with Crippen LogP contribution in [-0.4, -0.2) is 50.5 Å². The van der Waals surface area contributed by atoms with Gasteiger partial charge in [0.1, 0.15) is 12.6 Å². The number of amides is 2. The third-order valence-electron chi connectivity index (χ3n) is 6.58. The molecule has 0 aliphatic rings. The van der Waals surface area contributed by atoms with Gasteiger partial charge in [-0.05, 0) is 42.5 Å². The Hall–Kier alpha value is -3.65. The fourth-order valence-electron chi connectivity index (χ4n) is 4.58. The molecule has 0 radical (unpaired) electrons. The van der Waals surface area contributed by atoms with Gasteiger partial charge in [0.2, 0.25) is 21.8 Å². The lowest BCUT2D eigenvalue weighted by Crippen LogP contribution is -2.53. The summed E-state index contributed by atoms with van der Waals surface area (Å²) in [5, 5.41) is 2.95. The van der Waals surface area contributed by atoms with Gasteiger partial charge in [0.15, 0.2) is 0 Å². The van der Waals surface area contributed by atoms with Crippen molar-refractivity contribution in [2.45, 2.75) is 52.6 Å². The lowest BCUT2D eigenvalue weighted by Gasteiger charge is -2.34. The summed E-state index contributed by atoms with van der Waals surface area (Å²) < 4.78 is 27.1. The summed E-state index contributed by atoms with van der Waals surface area (Å²) in [6.07, 6.45) is 2.77. The predicted molar refractivity (Wildman–Crippen MR) is 157 cm³/mol. The van der Waals surface area contributed by atoms with Crippen LogP contribution in [0.25, 0.3) is 0 Å². The molecule has 208 valence electrons. The van der Waals surface area contributed by atoms with E-state index in [4.69, 9.17) is 0 Å². The second-order valence-electron chi connectivity index (χ2n) is 9.76. The average Bonchev–Trinajstić information content (AvgIpc) is 2.92. The van der Waals surface area contributed by atoms with Crippen LogP contribution < -0.4 is 9.62 Å². The first kappa shape index (κ1) is 29.9. The minimum absolute atomic E-state index is 0.171. The summed E-state index contributed by atoms with van der Waals surface area (Å²) in [6.45, 7) is 6.13.